The van der Waals surface area contributed by atoms with Gasteiger partial charge in [-0.2, -0.15) is 0 Å². The van der Waals surface area contributed by atoms with Gasteiger partial charge in [-0.1, -0.05) is 18.2 Å². The maximum Gasteiger partial charge on any atom is 0.326 e. The van der Waals surface area contributed by atoms with Crippen molar-refractivity contribution in [3.05, 3.63) is 35.2 Å². The number of nitrogens with one attached hydrogen (secondary N) is 2. The van der Waals surface area contributed by atoms with Crippen molar-refractivity contribution in [1.29, 1.82) is 0 Å². The molecule has 3 rings (SSSR count). The third-order valence-corrected chi connectivity index (χ3v) is 5.28. The number of aliphatic carboxylic acids is 1. The molecule has 0 aliphatic carbocycles. The second kappa shape index (κ2) is 7.10. The first kappa shape index (κ1) is 16.0. The number of hydrogen-bond donors (Lipinski definition) is 3. The van der Waals surface area contributed by atoms with Crippen molar-refractivity contribution in [2.75, 3.05) is 13.1 Å². The van der Waals surface area contributed by atoms with E-state index in [2.05, 4.69) is 10.6 Å². The Morgan fingerprint density at radius 1 is 1.39 bits per heavy atom. The molecule has 1 fully saturated rings. The molecule has 1 aromatic heterocycles. The molecule has 2 heterocycles. The molecule has 1 saturated heterocycles. The summed E-state index contributed by atoms with van der Waals surface area (Å²) in [4.78, 5) is 23.8. The van der Waals surface area contributed by atoms with E-state index in [0.717, 1.165) is 35.0 Å². The summed E-state index contributed by atoms with van der Waals surface area (Å²) < 4.78 is 1.13. The Balaban J connectivity index is 1.71. The second-order valence-electron chi connectivity index (χ2n) is 5.90. The first-order valence-corrected chi connectivity index (χ1v) is 8.72. The number of benzene rings is 1. The first-order valence-electron chi connectivity index (χ1n) is 7.84. The predicted molar refractivity (Wildman–Crippen MR) is 90.7 cm³/mol. The van der Waals surface area contributed by atoms with E-state index in [1.165, 1.54) is 0 Å². The van der Waals surface area contributed by atoms with Crippen molar-refractivity contribution < 1.29 is 14.7 Å². The van der Waals surface area contributed by atoms with Crippen molar-refractivity contribution in [2.45, 2.75) is 25.3 Å². The predicted octanol–water partition coefficient (Wildman–Crippen LogP) is 2.01. The molecule has 122 valence electrons. The Kier molecular flexibility index (Phi) is 4.93. The molecule has 0 radical (unpaired) electrons. The van der Waals surface area contributed by atoms with Crippen LogP contribution < -0.4 is 10.6 Å². The molecule has 6 heteroatoms. The van der Waals surface area contributed by atoms with Crippen LogP contribution in [0.3, 0.4) is 0 Å². The molecule has 2 aromatic rings. The molecule has 23 heavy (non-hydrogen) atoms. The maximum absolute atomic E-state index is 12.3. The van der Waals surface area contributed by atoms with Crippen LogP contribution in [0.5, 0.6) is 0 Å². The second-order valence-corrected chi connectivity index (χ2v) is 6.82. The number of carboxylic acid groups (broad SMARTS) is 1. The summed E-state index contributed by atoms with van der Waals surface area (Å²) in [6, 6.07) is 7.04. The van der Waals surface area contributed by atoms with Gasteiger partial charge in [-0.3, -0.25) is 4.79 Å². The molecule has 1 aliphatic heterocycles. The Bertz CT molecular complexity index is 707. The molecule has 0 saturated carbocycles. The van der Waals surface area contributed by atoms with Crippen LogP contribution >= 0.6 is 11.3 Å². The number of carbonyl (C=O) groups is 2. The van der Waals surface area contributed by atoms with E-state index < -0.39 is 12.0 Å². The van der Waals surface area contributed by atoms with Gasteiger partial charge in [0.25, 0.3) is 0 Å². The van der Waals surface area contributed by atoms with E-state index in [0.29, 0.717) is 13.0 Å². The third-order valence-electron chi connectivity index (χ3n) is 4.27. The van der Waals surface area contributed by atoms with Crippen molar-refractivity contribution in [2.24, 2.45) is 5.92 Å². The monoisotopic (exact) mass is 332 g/mol. The van der Waals surface area contributed by atoms with Crippen LogP contribution in [0.15, 0.2) is 29.6 Å². The van der Waals surface area contributed by atoms with Crippen LogP contribution in [-0.2, 0) is 16.0 Å². The highest BCUT2D eigenvalue weighted by molar-refractivity contribution is 7.17. The van der Waals surface area contributed by atoms with Gasteiger partial charge in [0.2, 0.25) is 5.91 Å². The zero-order valence-corrected chi connectivity index (χ0v) is 13.6. The number of carboxylic acids is 1. The molecule has 1 amide bonds. The normalized spacial score (nSPS) is 19.4. The van der Waals surface area contributed by atoms with Crippen LogP contribution in [0, 0.1) is 5.92 Å². The molecule has 1 aromatic carbocycles. The van der Waals surface area contributed by atoms with Gasteiger partial charge in [0.1, 0.15) is 6.04 Å². The van der Waals surface area contributed by atoms with E-state index in [1.54, 1.807) is 11.3 Å². The lowest BCUT2D eigenvalue weighted by atomic mass is 9.97. The summed E-state index contributed by atoms with van der Waals surface area (Å²) in [5, 5.41) is 18.4. The highest BCUT2D eigenvalue weighted by Gasteiger charge is 2.27. The number of thiophene rings is 1. The summed E-state index contributed by atoms with van der Waals surface area (Å²) in [6.45, 7) is 1.55. The van der Waals surface area contributed by atoms with Crippen LogP contribution in [-0.4, -0.2) is 36.1 Å². The number of piperidine rings is 1. The molecular weight excluding hydrogens is 312 g/mol. The summed E-state index contributed by atoms with van der Waals surface area (Å²) >= 11 is 1.60. The third kappa shape index (κ3) is 3.71. The summed E-state index contributed by atoms with van der Waals surface area (Å²) in [5.74, 6) is -1.29. The quantitative estimate of drug-likeness (QED) is 0.783. The minimum absolute atomic E-state index is 0.134. The summed E-state index contributed by atoms with van der Waals surface area (Å²) in [7, 11) is 0. The van der Waals surface area contributed by atoms with E-state index in [-0.39, 0.29) is 11.8 Å². The number of carbonyl (C=O) groups excluding carboxylic acids is 1. The number of amides is 1. The molecule has 5 nitrogen and oxygen atoms in total. The lowest BCUT2D eigenvalue weighted by Gasteiger charge is -2.24. The van der Waals surface area contributed by atoms with Gasteiger partial charge in [0.05, 0.1) is 5.92 Å². The largest absolute Gasteiger partial charge is 0.480 e. The Hall–Kier alpha value is -1.92. The fraction of sp³-hybridized carbons (Fsp3) is 0.412. The van der Waals surface area contributed by atoms with E-state index in [4.69, 9.17) is 0 Å². The van der Waals surface area contributed by atoms with Gasteiger partial charge in [-0.25, -0.2) is 4.79 Å². The van der Waals surface area contributed by atoms with Gasteiger partial charge in [-0.05, 0) is 41.8 Å². The van der Waals surface area contributed by atoms with Crippen molar-refractivity contribution >= 4 is 33.3 Å². The standard InChI is InChI=1S/C17H20N2O3S/c20-16(11-4-3-7-18-9-11)19-14(17(21)22)8-12-10-23-15-6-2-1-5-13(12)15/h1-2,5-6,10-11,14,18H,3-4,7-9H2,(H,19,20)(H,21,22)/t11-,14+/m1/s1. The Morgan fingerprint density at radius 3 is 2.96 bits per heavy atom. The lowest BCUT2D eigenvalue weighted by Crippen LogP contribution is -2.48. The van der Waals surface area contributed by atoms with Gasteiger partial charge < -0.3 is 15.7 Å². The molecule has 0 unspecified atom stereocenters. The molecule has 3 N–H and O–H groups in total. The minimum Gasteiger partial charge on any atom is -0.480 e. The van der Waals surface area contributed by atoms with E-state index in [9.17, 15) is 14.7 Å². The lowest BCUT2D eigenvalue weighted by molar-refractivity contribution is -0.142. The Morgan fingerprint density at radius 2 is 2.22 bits per heavy atom. The Labute approximate surface area is 138 Å². The highest BCUT2D eigenvalue weighted by Crippen LogP contribution is 2.26. The SMILES string of the molecule is O=C(N[C@@H](Cc1csc2ccccc12)C(=O)O)[C@@H]1CCCNC1. The van der Waals surface area contributed by atoms with Gasteiger partial charge in [0.15, 0.2) is 0 Å². The first-order chi connectivity index (χ1) is 11.1. The number of hydrogen-bond acceptors (Lipinski definition) is 4. The van der Waals surface area contributed by atoms with E-state index in [1.807, 2.05) is 29.6 Å². The number of rotatable bonds is 5. The van der Waals surface area contributed by atoms with Crippen molar-refractivity contribution in [3.63, 3.8) is 0 Å². The van der Waals surface area contributed by atoms with Crippen LogP contribution in [0.1, 0.15) is 18.4 Å². The van der Waals surface area contributed by atoms with Crippen LogP contribution in [0.2, 0.25) is 0 Å². The molecule has 0 bridgehead atoms. The molecule has 0 spiro atoms. The van der Waals surface area contributed by atoms with Crippen molar-refractivity contribution in [3.8, 4) is 0 Å². The average molecular weight is 332 g/mol. The van der Waals surface area contributed by atoms with Gasteiger partial charge in [-0.15, -0.1) is 11.3 Å². The topological polar surface area (TPSA) is 78.4 Å². The number of fused-ring (bicyclic) bond motifs is 1. The maximum atomic E-state index is 12.3. The van der Waals surface area contributed by atoms with Gasteiger partial charge in [0, 0.05) is 17.7 Å². The highest BCUT2D eigenvalue weighted by atomic mass is 32.1. The van der Waals surface area contributed by atoms with E-state index >= 15 is 0 Å². The van der Waals surface area contributed by atoms with Crippen molar-refractivity contribution in [1.82, 2.24) is 10.6 Å². The van der Waals surface area contributed by atoms with Crippen LogP contribution in [0.25, 0.3) is 10.1 Å². The van der Waals surface area contributed by atoms with Gasteiger partial charge >= 0.3 is 5.97 Å². The molecular formula is C17H20N2O3S. The fourth-order valence-electron chi connectivity index (χ4n) is 2.98. The summed E-state index contributed by atoms with van der Waals surface area (Å²) in [6.07, 6.45) is 2.07. The smallest absolute Gasteiger partial charge is 0.326 e. The van der Waals surface area contributed by atoms with Crippen LogP contribution in [0.4, 0.5) is 0 Å². The molecule has 1 aliphatic rings. The molecule has 2 atom stereocenters. The average Bonchev–Trinajstić information content (AvgIpc) is 2.98. The minimum atomic E-state index is -0.989. The fourth-order valence-corrected chi connectivity index (χ4v) is 3.95. The zero-order chi connectivity index (χ0) is 16.2. The summed E-state index contributed by atoms with van der Waals surface area (Å²) in [5.41, 5.74) is 0.972. The zero-order valence-electron chi connectivity index (χ0n) is 12.7.